The van der Waals surface area contributed by atoms with Crippen LogP contribution in [0.1, 0.15) is 5.56 Å². The number of nitrogens with zero attached hydrogens (tertiary/aromatic N) is 2. The third kappa shape index (κ3) is 5.52. The van der Waals surface area contributed by atoms with Gasteiger partial charge >= 0.3 is 11.9 Å². The molecule has 0 saturated carbocycles. The first kappa shape index (κ1) is 20.4. The minimum absolute atomic E-state index is 0.0650. The molecule has 0 radical (unpaired) electrons. The van der Waals surface area contributed by atoms with Crippen molar-refractivity contribution in [3.05, 3.63) is 29.1 Å². The summed E-state index contributed by atoms with van der Waals surface area (Å²) >= 11 is 5.69. The number of anilines is 1. The van der Waals surface area contributed by atoms with Crippen LogP contribution in [-0.4, -0.2) is 39.5 Å². The zero-order chi connectivity index (χ0) is 17.7. The van der Waals surface area contributed by atoms with Crippen LogP contribution in [0.3, 0.4) is 0 Å². The van der Waals surface area contributed by atoms with Crippen molar-refractivity contribution >= 4 is 99.7 Å². The fourth-order valence-corrected chi connectivity index (χ4v) is 5.71. The SMILES string of the molecule is O=C(O)CN(Cc1cc(N(CC(=O)O)SI)c2sccc2c1)SI. The van der Waals surface area contributed by atoms with E-state index in [4.69, 9.17) is 10.2 Å². The largest absolute Gasteiger partial charge is 0.480 e. The minimum Gasteiger partial charge on any atom is -0.480 e. The van der Waals surface area contributed by atoms with Gasteiger partial charge < -0.3 is 10.2 Å². The highest BCUT2D eigenvalue weighted by molar-refractivity contribution is 14.2. The fourth-order valence-electron chi connectivity index (χ4n) is 2.13. The summed E-state index contributed by atoms with van der Waals surface area (Å²) < 4.78 is 4.49. The summed E-state index contributed by atoms with van der Waals surface area (Å²) in [6.45, 7) is 0.292. The smallest absolute Gasteiger partial charge is 0.324 e. The molecule has 0 aliphatic rings. The van der Waals surface area contributed by atoms with Crippen LogP contribution in [0.2, 0.25) is 0 Å². The van der Waals surface area contributed by atoms with Gasteiger partial charge in [-0.3, -0.25) is 13.9 Å². The number of aliphatic carboxylic acids is 2. The molecular formula is C13H12I2N2O4S3. The van der Waals surface area contributed by atoms with Crippen LogP contribution in [0.4, 0.5) is 5.69 Å². The van der Waals surface area contributed by atoms with Crippen LogP contribution in [0.25, 0.3) is 10.1 Å². The van der Waals surface area contributed by atoms with E-state index in [0.29, 0.717) is 6.54 Å². The predicted molar refractivity (Wildman–Crippen MR) is 118 cm³/mol. The lowest BCUT2D eigenvalue weighted by Crippen LogP contribution is -2.23. The molecule has 0 aliphatic heterocycles. The molecule has 11 heteroatoms. The van der Waals surface area contributed by atoms with Crippen molar-refractivity contribution in [2.75, 3.05) is 17.4 Å². The molecule has 2 aromatic rings. The summed E-state index contributed by atoms with van der Waals surface area (Å²) in [5.74, 6) is -1.78. The first-order valence-corrected chi connectivity index (χ1v) is 14.0. The number of carbonyl (C=O) groups is 2. The maximum absolute atomic E-state index is 11.1. The van der Waals surface area contributed by atoms with Gasteiger partial charge in [-0.05, 0) is 43.6 Å². The van der Waals surface area contributed by atoms with Crippen molar-refractivity contribution in [2.24, 2.45) is 0 Å². The summed E-state index contributed by atoms with van der Waals surface area (Å²) in [7, 11) is 2.67. The Balaban J connectivity index is 2.38. The predicted octanol–water partition coefficient (Wildman–Crippen LogP) is 4.68. The molecule has 6 nitrogen and oxygen atoms in total. The van der Waals surface area contributed by atoms with E-state index in [1.165, 1.54) is 18.2 Å². The van der Waals surface area contributed by atoms with Crippen molar-refractivity contribution in [2.45, 2.75) is 6.54 Å². The summed E-state index contributed by atoms with van der Waals surface area (Å²) in [6.07, 6.45) is 0. The van der Waals surface area contributed by atoms with E-state index < -0.39 is 11.9 Å². The highest BCUT2D eigenvalue weighted by atomic mass is 127. The molecule has 1 aromatic carbocycles. The van der Waals surface area contributed by atoms with Gasteiger partial charge in [-0.2, -0.15) is 0 Å². The van der Waals surface area contributed by atoms with E-state index in [9.17, 15) is 9.59 Å². The first-order chi connectivity index (χ1) is 11.4. The normalized spacial score (nSPS) is 11.1. The zero-order valence-corrected chi connectivity index (χ0v) is 18.8. The molecule has 0 amide bonds. The quantitative estimate of drug-likeness (QED) is 0.314. The van der Waals surface area contributed by atoms with E-state index >= 15 is 0 Å². The second-order valence-electron chi connectivity index (χ2n) is 4.71. The van der Waals surface area contributed by atoms with Crippen LogP contribution in [-0.2, 0) is 16.1 Å². The average Bonchev–Trinajstić information content (AvgIpc) is 2.99. The summed E-state index contributed by atoms with van der Waals surface area (Å²) in [5.41, 5.74) is 1.79. The number of hydrogen-bond acceptors (Lipinski definition) is 7. The molecular weight excluding hydrogens is 598 g/mol. The van der Waals surface area contributed by atoms with Gasteiger partial charge in [0.1, 0.15) is 13.1 Å². The molecule has 0 fully saturated rings. The average molecular weight is 610 g/mol. The number of hydrogen-bond donors (Lipinski definition) is 2. The van der Waals surface area contributed by atoms with E-state index in [0.717, 1.165) is 21.3 Å². The number of rotatable bonds is 9. The second kappa shape index (κ2) is 9.66. The Morgan fingerprint density at radius 1 is 1.12 bits per heavy atom. The van der Waals surface area contributed by atoms with Gasteiger partial charge in [-0.25, -0.2) is 4.31 Å². The lowest BCUT2D eigenvalue weighted by atomic mass is 10.1. The van der Waals surface area contributed by atoms with Gasteiger partial charge in [-0.1, -0.05) is 0 Å². The maximum Gasteiger partial charge on any atom is 0.324 e. The zero-order valence-electron chi connectivity index (χ0n) is 12.0. The number of halogens is 2. The van der Waals surface area contributed by atoms with Crippen LogP contribution in [0, 0.1) is 0 Å². The lowest BCUT2D eigenvalue weighted by molar-refractivity contribution is -0.137. The van der Waals surface area contributed by atoms with E-state index in [1.54, 1.807) is 19.9 Å². The van der Waals surface area contributed by atoms with Crippen LogP contribution in [0.5, 0.6) is 0 Å². The van der Waals surface area contributed by atoms with E-state index in [2.05, 4.69) is 42.4 Å². The number of benzene rings is 1. The Bertz CT molecular complexity index is 743. The van der Waals surface area contributed by atoms with E-state index in [1.807, 2.05) is 23.6 Å². The third-order valence-electron chi connectivity index (χ3n) is 2.99. The molecule has 24 heavy (non-hydrogen) atoms. The standard InChI is InChI=1S/C13H12I2N2O4S3/c14-23-16(6-11(18)19)5-8-3-9-1-2-22-13(9)10(4-8)17(24-15)7-12(20)21/h1-4H,5-7H2,(H,18,19)(H,20,21). The fraction of sp³-hybridized carbons (Fsp3) is 0.231. The monoisotopic (exact) mass is 610 g/mol. The molecule has 2 rings (SSSR count). The first-order valence-electron chi connectivity index (χ1n) is 6.48. The Morgan fingerprint density at radius 3 is 2.42 bits per heavy atom. The van der Waals surface area contributed by atoms with Crippen LogP contribution < -0.4 is 4.31 Å². The maximum atomic E-state index is 11.1. The Morgan fingerprint density at radius 2 is 1.83 bits per heavy atom. The van der Waals surface area contributed by atoms with Gasteiger partial charge in [-0.15, -0.1) is 11.3 Å². The highest BCUT2D eigenvalue weighted by Gasteiger charge is 2.17. The van der Waals surface area contributed by atoms with Gasteiger partial charge in [0.2, 0.25) is 0 Å². The van der Waals surface area contributed by atoms with Crippen molar-refractivity contribution in [1.82, 2.24) is 4.31 Å². The highest BCUT2D eigenvalue weighted by Crippen LogP contribution is 2.38. The Labute approximate surface area is 175 Å². The minimum atomic E-state index is -0.899. The summed E-state index contributed by atoms with van der Waals surface area (Å²) in [6, 6.07) is 5.95. The second-order valence-corrected chi connectivity index (χ2v) is 9.23. The lowest BCUT2D eigenvalue weighted by Gasteiger charge is -2.21. The Hall–Kier alpha value is 0.0400. The molecule has 130 valence electrons. The molecule has 2 N–H and O–H groups in total. The van der Waals surface area contributed by atoms with Gasteiger partial charge in [0.25, 0.3) is 0 Å². The number of fused-ring (bicyclic) bond motifs is 1. The number of carboxylic acid groups (broad SMARTS) is 2. The topological polar surface area (TPSA) is 81.1 Å². The van der Waals surface area contributed by atoms with Gasteiger partial charge in [0.15, 0.2) is 0 Å². The van der Waals surface area contributed by atoms with Gasteiger partial charge in [0, 0.05) is 58.1 Å². The summed E-state index contributed by atoms with van der Waals surface area (Å²) in [4.78, 5) is 22.1. The molecule has 0 spiro atoms. The van der Waals surface area contributed by atoms with Crippen LogP contribution >= 0.6 is 72.0 Å². The summed E-state index contributed by atoms with van der Waals surface area (Å²) in [5, 5.41) is 21.1. The third-order valence-corrected chi connectivity index (χ3v) is 7.99. The van der Waals surface area contributed by atoms with Crippen molar-refractivity contribution in [1.29, 1.82) is 0 Å². The van der Waals surface area contributed by atoms with Gasteiger partial charge in [0.05, 0.1) is 10.4 Å². The van der Waals surface area contributed by atoms with E-state index in [-0.39, 0.29) is 13.1 Å². The van der Waals surface area contributed by atoms with Crippen molar-refractivity contribution < 1.29 is 19.8 Å². The molecule has 0 aliphatic carbocycles. The van der Waals surface area contributed by atoms with Crippen molar-refractivity contribution in [3.63, 3.8) is 0 Å². The Kier molecular flexibility index (Phi) is 8.19. The van der Waals surface area contributed by atoms with Crippen LogP contribution in [0.15, 0.2) is 23.6 Å². The molecule has 0 atom stereocenters. The molecule has 1 aromatic heterocycles. The van der Waals surface area contributed by atoms with Crippen molar-refractivity contribution in [3.8, 4) is 0 Å². The molecule has 0 saturated heterocycles. The number of thiophene rings is 1. The molecule has 1 heterocycles. The molecule has 0 bridgehead atoms. The number of carboxylic acids is 2. The molecule has 0 unspecified atom stereocenters.